The van der Waals surface area contributed by atoms with E-state index in [0.29, 0.717) is 0 Å². The summed E-state index contributed by atoms with van der Waals surface area (Å²) in [7, 11) is 1.70. The smallest absolute Gasteiger partial charge is 0.119 e. The van der Waals surface area contributed by atoms with Gasteiger partial charge in [0.05, 0.1) is 18.3 Å². The molecule has 0 fully saturated rings. The molecule has 0 radical (unpaired) electrons. The molecule has 0 spiro atoms. The maximum Gasteiger partial charge on any atom is 0.119 e. The molecule has 0 bridgehead atoms. The van der Waals surface area contributed by atoms with Crippen molar-refractivity contribution in [3.63, 3.8) is 0 Å². The fourth-order valence-electron chi connectivity index (χ4n) is 2.52. The lowest BCUT2D eigenvalue weighted by atomic mass is 10.1. The third-order valence-corrected chi connectivity index (χ3v) is 3.57. The molecule has 1 aromatic carbocycles. The molecule has 19 heavy (non-hydrogen) atoms. The van der Waals surface area contributed by atoms with Crippen LogP contribution in [0.4, 0.5) is 0 Å². The van der Waals surface area contributed by atoms with Gasteiger partial charge in [-0.25, -0.2) is 0 Å². The summed E-state index contributed by atoms with van der Waals surface area (Å²) >= 11 is 0. The highest BCUT2D eigenvalue weighted by Crippen LogP contribution is 2.30. The molecule has 0 unspecified atom stereocenters. The number of benzene rings is 1. The van der Waals surface area contributed by atoms with Gasteiger partial charge in [0, 0.05) is 22.5 Å². The second kappa shape index (κ2) is 4.92. The summed E-state index contributed by atoms with van der Waals surface area (Å²) in [6, 6.07) is 8.20. The lowest BCUT2D eigenvalue weighted by Crippen LogP contribution is -1.90. The number of hydrogen-bond donors (Lipinski definition) is 1. The lowest BCUT2D eigenvalue weighted by Gasteiger charge is -2.00. The average molecular weight is 254 g/mol. The molecule has 2 aromatic heterocycles. The number of aromatic nitrogens is 2. The number of methoxy groups -OCH3 is 1. The second-order valence-corrected chi connectivity index (χ2v) is 4.82. The molecule has 0 aliphatic carbocycles. The standard InChI is InChI=1S/C16H18N2O/c1-3-4-5-15-16-12(8-9-17-15)13-10-11(19-2)6-7-14(13)18-16/h6-10,18H,3-5H2,1-2H3. The Kier molecular flexibility index (Phi) is 3.11. The van der Waals surface area contributed by atoms with E-state index in [9.17, 15) is 0 Å². The highest BCUT2D eigenvalue weighted by molar-refractivity contribution is 6.08. The normalized spacial score (nSPS) is 11.3. The minimum atomic E-state index is 0.889. The largest absolute Gasteiger partial charge is 0.497 e. The predicted octanol–water partition coefficient (Wildman–Crippen LogP) is 4.07. The molecular formula is C16H18N2O. The molecule has 0 aliphatic heterocycles. The van der Waals surface area contributed by atoms with Crippen molar-refractivity contribution in [3.8, 4) is 5.75 Å². The number of pyridine rings is 1. The van der Waals surface area contributed by atoms with Crippen molar-refractivity contribution >= 4 is 21.8 Å². The van der Waals surface area contributed by atoms with E-state index < -0.39 is 0 Å². The van der Waals surface area contributed by atoms with E-state index in [1.807, 2.05) is 12.3 Å². The van der Waals surface area contributed by atoms with Crippen LogP contribution in [-0.4, -0.2) is 17.1 Å². The van der Waals surface area contributed by atoms with E-state index >= 15 is 0 Å². The zero-order chi connectivity index (χ0) is 13.2. The van der Waals surface area contributed by atoms with Crippen LogP contribution in [-0.2, 0) is 6.42 Å². The van der Waals surface area contributed by atoms with Gasteiger partial charge in [0.15, 0.2) is 0 Å². The number of fused-ring (bicyclic) bond motifs is 3. The van der Waals surface area contributed by atoms with E-state index in [1.165, 1.54) is 29.1 Å². The number of nitrogens with one attached hydrogen (secondary N) is 1. The van der Waals surface area contributed by atoms with Crippen molar-refractivity contribution in [2.75, 3.05) is 7.11 Å². The number of unbranched alkanes of at least 4 members (excludes halogenated alkanes) is 1. The molecule has 3 heteroatoms. The minimum absolute atomic E-state index is 0.889. The molecule has 0 aliphatic rings. The van der Waals surface area contributed by atoms with Crippen LogP contribution in [0.15, 0.2) is 30.5 Å². The topological polar surface area (TPSA) is 37.9 Å². The Morgan fingerprint density at radius 2 is 2.11 bits per heavy atom. The van der Waals surface area contributed by atoms with Crippen molar-refractivity contribution in [2.45, 2.75) is 26.2 Å². The van der Waals surface area contributed by atoms with Gasteiger partial charge in [-0.05, 0) is 37.1 Å². The zero-order valence-corrected chi connectivity index (χ0v) is 11.4. The van der Waals surface area contributed by atoms with Crippen molar-refractivity contribution in [2.24, 2.45) is 0 Å². The van der Waals surface area contributed by atoms with Gasteiger partial charge in [0.1, 0.15) is 5.75 Å². The minimum Gasteiger partial charge on any atom is -0.497 e. The number of nitrogens with zero attached hydrogens (tertiary/aromatic N) is 1. The van der Waals surface area contributed by atoms with Crippen LogP contribution in [0.25, 0.3) is 21.8 Å². The third-order valence-electron chi connectivity index (χ3n) is 3.57. The van der Waals surface area contributed by atoms with Crippen molar-refractivity contribution < 1.29 is 4.74 Å². The van der Waals surface area contributed by atoms with Crippen LogP contribution in [0.2, 0.25) is 0 Å². The summed E-state index contributed by atoms with van der Waals surface area (Å²) in [5.41, 5.74) is 3.47. The Balaban J connectivity index is 2.21. The van der Waals surface area contributed by atoms with E-state index in [4.69, 9.17) is 4.74 Å². The van der Waals surface area contributed by atoms with Crippen molar-refractivity contribution in [1.29, 1.82) is 0 Å². The molecule has 0 saturated heterocycles. The molecule has 0 amide bonds. The molecular weight excluding hydrogens is 236 g/mol. The van der Waals surface area contributed by atoms with Crippen LogP contribution in [0.3, 0.4) is 0 Å². The number of aromatic amines is 1. The molecule has 2 heterocycles. The Morgan fingerprint density at radius 1 is 1.21 bits per heavy atom. The number of H-pyrrole nitrogens is 1. The molecule has 98 valence electrons. The predicted molar refractivity (Wildman–Crippen MR) is 78.8 cm³/mol. The molecule has 1 N–H and O–H groups in total. The van der Waals surface area contributed by atoms with Gasteiger partial charge >= 0.3 is 0 Å². The summed E-state index contributed by atoms with van der Waals surface area (Å²) in [5.74, 6) is 0.889. The SMILES string of the molecule is CCCCc1nccc2c1[nH]c1ccc(OC)cc12. The zero-order valence-electron chi connectivity index (χ0n) is 11.4. The van der Waals surface area contributed by atoms with Crippen molar-refractivity contribution in [3.05, 3.63) is 36.2 Å². The number of rotatable bonds is 4. The fourth-order valence-corrected chi connectivity index (χ4v) is 2.52. The van der Waals surface area contributed by atoms with Gasteiger partial charge < -0.3 is 9.72 Å². The average Bonchev–Trinajstić information content (AvgIpc) is 2.83. The van der Waals surface area contributed by atoms with Crippen LogP contribution in [0, 0.1) is 0 Å². The number of hydrogen-bond acceptors (Lipinski definition) is 2. The Bertz CT molecular complexity index is 715. The quantitative estimate of drug-likeness (QED) is 0.762. The fraction of sp³-hybridized carbons (Fsp3) is 0.312. The lowest BCUT2D eigenvalue weighted by molar-refractivity contribution is 0.415. The maximum absolute atomic E-state index is 5.31. The van der Waals surface area contributed by atoms with Gasteiger partial charge in [-0.2, -0.15) is 0 Å². The first-order valence-electron chi connectivity index (χ1n) is 6.76. The van der Waals surface area contributed by atoms with Gasteiger partial charge in [-0.15, -0.1) is 0 Å². The number of aryl methyl sites for hydroxylation is 1. The van der Waals surface area contributed by atoms with E-state index in [0.717, 1.165) is 23.4 Å². The van der Waals surface area contributed by atoms with E-state index in [-0.39, 0.29) is 0 Å². The van der Waals surface area contributed by atoms with Gasteiger partial charge in [0.25, 0.3) is 0 Å². The maximum atomic E-state index is 5.31. The highest BCUT2D eigenvalue weighted by Gasteiger charge is 2.09. The van der Waals surface area contributed by atoms with Crippen LogP contribution in [0.5, 0.6) is 5.75 Å². The Labute approximate surface area is 112 Å². The monoisotopic (exact) mass is 254 g/mol. The summed E-state index contributed by atoms with van der Waals surface area (Å²) in [4.78, 5) is 8.01. The summed E-state index contributed by atoms with van der Waals surface area (Å²) < 4.78 is 5.31. The molecule has 3 aromatic rings. The van der Waals surface area contributed by atoms with Crippen LogP contribution in [0.1, 0.15) is 25.5 Å². The second-order valence-electron chi connectivity index (χ2n) is 4.82. The van der Waals surface area contributed by atoms with Gasteiger partial charge in [-0.3, -0.25) is 4.98 Å². The number of ether oxygens (including phenoxy) is 1. The van der Waals surface area contributed by atoms with Gasteiger partial charge in [0.2, 0.25) is 0 Å². The summed E-state index contributed by atoms with van der Waals surface area (Å²) in [6.07, 6.45) is 5.29. The highest BCUT2D eigenvalue weighted by atomic mass is 16.5. The summed E-state index contributed by atoms with van der Waals surface area (Å²) in [6.45, 7) is 2.20. The first-order valence-corrected chi connectivity index (χ1v) is 6.76. The van der Waals surface area contributed by atoms with Crippen LogP contribution < -0.4 is 4.74 Å². The first-order chi connectivity index (χ1) is 9.33. The van der Waals surface area contributed by atoms with Crippen molar-refractivity contribution in [1.82, 2.24) is 9.97 Å². The first kappa shape index (κ1) is 12.0. The third kappa shape index (κ3) is 2.05. The Morgan fingerprint density at radius 3 is 2.89 bits per heavy atom. The molecule has 3 rings (SSSR count). The van der Waals surface area contributed by atoms with E-state index in [1.54, 1.807) is 7.11 Å². The molecule has 0 atom stereocenters. The molecule has 0 saturated carbocycles. The van der Waals surface area contributed by atoms with Gasteiger partial charge in [-0.1, -0.05) is 13.3 Å². The summed E-state index contributed by atoms with van der Waals surface area (Å²) in [5, 5.41) is 2.43. The Hall–Kier alpha value is -2.03. The molecule has 3 nitrogen and oxygen atoms in total. The van der Waals surface area contributed by atoms with E-state index in [2.05, 4.69) is 35.1 Å². The van der Waals surface area contributed by atoms with Crippen LogP contribution >= 0.6 is 0 Å².